The van der Waals surface area contributed by atoms with Gasteiger partial charge in [0.25, 0.3) is 11.9 Å². The van der Waals surface area contributed by atoms with Crippen LogP contribution in [0.15, 0.2) is 24.5 Å². The van der Waals surface area contributed by atoms with Gasteiger partial charge in [0.2, 0.25) is 5.75 Å². The second kappa shape index (κ2) is 13.2. The Kier molecular flexibility index (Phi) is 11.0. The Morgan fingerprint density at radius 3 is 2.16 bits per heavy atom. The number of methoxy groups -OCH3 is 3. The van der Waals surface area contributed by atoms with Crippen molar-refractivity contribution in [2.75, 3.05) is 34.5 Å². The Morgan fingerprint density at radius 1 is 1.09 bits per heavy atom. The summed E-state index contributed by atoms with van der Waals surface area (Å²) in [5.41, 5.74) is 0.840. The number of carboxylic acid groups (broad SMARTS) is 2. The van der Waals surface area contributed by atoms with Gasteiger partial charge in [0.15, 0.2) is 11.5 Å². The first-order valence-electron chi connectivity index (χ1n) is 9.75. The van der Waals surface area contributed by atoms with Crippen LogP contribution in [-0.2, 0) is 9.59 Å². The zero-order valence-electron chi connectivity index (χ0n) is 18.9. The maximum atomic E-state index is 9.34. The number of carboxylic acids is 2. The maximum absolute atomic E-state index is 9.34. The van der Waals surface area contributed by atoms with Crippen molar-refractivity contribution in [3.63, 3.8) is 0 Å². The van der Waals surface area contributed by atoms with Gasteiger partial charge in [-0.3, -0.25) is 9.59 Å². The quantitative estimate of drug-likeness (QED) is 0.508. The lowest BCUT2D eigenvalue weighted by molar-refractivity contribution is -0.135. The number of hydrogen-bond acceptors (Lipinski definition) is 8. The molecule has 1 fully saturated rings. The number of carbonyl (C=O) groups is 2. The van der Waals surface area contributed by atoms with Crippen molar-refractivity contribution >= 4 is 11.9 Å². The van der Waals surface area contributed by atoms with Crippen molar-refractivity contribution in [2.45, 2.75) is 32.4 Å². The Hall–Kier alpha value is -3.31. The predicted octanol–water partition coefficient (Wildman–Crippen LogP) is 1.65. The fourth-order valence-corrected chi connectivity index (χ4v) is 3.24. The molecule has 178 valence electrons. The largest absolute Gasteiger partial charge is 0.493 e. The average Bonchev–Trinajstić information content (AvgIpc) is 3.40. The summed E-state index contributed by atoms with van der Waals surface area (Å²) in [4.78, 5) is 22.5. The van der Waals surface area contributed by atoms with E-state index in [0.29, 0.717) is 17.2 Å². The smallest absolute Gasteiger partial charge is 0.300 e. The molecular weight excluding hydrogens is 422 g/mol. The van der Waals surface area contributed by atoms with E-state index in [2.05, 4.69) is 14.9 Å². The fraction of sp³-hybridized carbons (Fsp3) is 0.476. The molecule has 0 radical (unpaired) electrons. The van der Waals surface area contributed by atoms with E-state index in [-0.39, 0.29) is 18.7 Å². The zero-order chi connectivity index (χ0) is 24.3. The van der Waals surface area contributed by atoms with Gasteiger partial charge in [-0.2, -0.15) is 0 Å². The maximum Gasteiger partial charge on any atom is 0.300 e. The zero-order valence-corrected chi connectivity index (χ0v) is 18.9. The van der Waals surface area contributed by atoms with Crippen LogP contribution in [0.2, 0.25) is 0 Å². The Bertz CT molecular complexity index is 864. The molecule has 0 aliphatic carbocycles. The van der Waals surface area contributed by atoms with Crippen molar-refractivity contribution in [3.05, 3.63) is 24.5 Å². The third-order valence-corrected chi connectivity index (χ3v) is 4.43. The summed E-state index contributed by atoms with van der Waals surface area (Å²) < 4.78 is 18.5. The van der Waals surface area contributed by atoms with Gasteiger partial charge in [0.05, 0.1) is 33.5 Å². The van der Waals surface area contributed by atoms with Gasteiger partial charge in [-0.1, -0.05) is 0 Å². The number of benzene rings is 1. The molecule has 0 spiro atoms. The van der Waals surface area contributed by atoms with E-state index in [9.17, 15) is 5.11 Å². The molecule has 2 heterocycles. The van der Waals surface area contributed by atoms with Gasteiger partial charge < -0.3 is 39.4 Å². The number of ether oxygens (including phenoxy) is 3. The third-order valence-electron chi connectivity index (χ3n) is 4.43. The van der Waals surface area contributed by atoms with Gasteiger partial charge in [-0.15, -0.1) is 0 Å². The lowest BCUT2D eigenvalue weighted by Gasteiger charge is -2.18. The molecule has 32 heavy (non-hydrogen) atoms. The minimum absolute atomic E-state index is 0.123. The molecule has 1 saturated heterocycles. The molecule has 1 aromatic heterocycles. The first kappa shape index (κ1) is 26.7. The standard InChI is InChI=1S/C17H23N3O4.2C2H4O2/c1-22-14-5-4-13(15(23-2)16(14)24-3)17-18-6-7-20(17)12-8-11(10-21)19-9-12;2*1-2(3)4/h4-7,11-12,19,21H,8-10H2,1-3H3;2*1H3,(H,3,4)/t11-,12-;;/m0../s1. The van der Waals surface area contributed by atoms with Crippen LogP contribution >= 0.6 is 0 Å². The van der Waals surface area contributed by atoms with Gasteiger partial charge >= 0.3 is 0 Å². The highest BCUT2D eigenvalue weighted by molar-refractivity contribution is 5.72. The van der Waals surface area contributed by atoms with Crippen LogP contribution in [0.5, 0.6) is 17.2 Å². The number of rotatable bonds is 6. The monoisotopic (exact) mass is 453 g/mol. The van der Waals surface area contributed by atoms with Crippen molar-refractivity contribution in [1.82, 2.24) is 14.9 Å². The number of hydrogen-bond donors (Lipinski definition) is 4. The summed E-state index contributed by atoms with van der Waals surface area (Å²) in [7, 11) is 4.79. The average molecular weight is 453 g/mol. The number of nitrogens with zero attached hydrogens (tertiary/aromatic N) is 2. The lowest BCUT2D eigenvalue weighted by Crippen LogP contribution is -2.24. The SMILES string of the molecule is CC(=O)O.CC(=O)O.COc1ccc(-c2nccn2[C@@H]2CN[C@H](CO)C2)c(OC)c1OC. The van der Waals surface area contributed by atoms with Gasteiger partial charge in [-0.25, -0.2) is 4.98 Å². The van der Waals surface area contributed by atoms with Crippen LogP contribution < -0.4 is 19.5 Å². The third kappa shape index (κ3) is 7.43. The van der Waals surface area contributed by atoms with E-state index in [4.69, 9.17) is 34.0 Å². The number of aliphatic hydroxyl groups is 1. The number of aliphatic hydroxyl groups excluding tert-OH is 1. The van der Waals surface area contributed by atoms with Crippen LogP contribution in [0.3, 0.4) is 0 Å². The number of aromatic nitrogens is 2. The second-order valence-corrected chi connectivity index (χ2v) is 6.76. The number of nitrogens with one attached hydrogen (secondary N) is 1. The molecule has 0 saturated carbocycles. The summed E-state index contributed by atoms with van der Waals surface area (Å²) >= 11 is 0. The lowest BCUT2D eigenvalue weighted by atomic mass is 10.1. The molecule has 2 atom stereocenters. The summed E-state index contributed by atoms with van der Waals surface area (Å²) in [6.45, 7) is 3.10. The van der Waals surface area contributed by atoms with Crippen molar-refractivity contribution in [3.8, 4) is 28.6 Å². The van der Waals surface area contributed by atoms with Gasteiger partial charge in [0, 0.05) is 44.9 Å². The molecule has 0 amide bonds. The van der Waals surface area contributed by atoms with E-state index >= 15 is 0 Å². The Morgan fingerprint density at radius 2 is 1.69 bits per heavy atom. The molecule has 1 aliphatic heterocycles. The number of aliphatic carboxylic acids is 2. The molecule has 2 aromatic rings. The van der Waals surface area contributed by atoms with Crippen LogP contribution in [-0.4, -0.2) is 77.3 Å². The van der Waals surface area contributed by atoms with Gasteiger partial charge in [0.1, 0.15) is 5.82 Å². The molecule has 11 heteroatoms. The molecule has 0 bridgehead atoms. The second-order valence-electron chi connectivity index (χ2n) is 6.76. The van der Waals surface area contributed by atoms with E-state index < -0.39 is 11.9 Å². The van der Waals surface area contributed by atoms with E-state index in [1.54, 1.807) is 27.5 Å². The molecule has 1 aliphatic rings. The highest BCUT2D eigenvalue weighted by Crippen LogP contribution is 2.44. The van der Waals surface area contributed by atoms with Crippen molar-refractivity contribution in [2.24, 2.45) is 0 Å². The highest BCUT2D eigenvalue weighted by atomic mass is 16.5. The summed E-state index contributed by atoms with van der Waals surface area (Å²) in [5.74, 6) is 0.885. The van der Waals surface area contributed by atoms with Gasteiger partial charge in [-0.05, 0) is 18.6 Å². The minimum Gasteiger partial charge on any atom is -0.493 e. The normalized spacial score (nSPS) is 16.7. The van der Waals surface area contributed by atoms with Crippen LogP contribution in [0, 0.1) is 0 Å². The Labute approximate surface area is 186 Å². The molecule has 3 rings (SSSR count). The summed E-state index contributed by atoms with van der Waals surface area (Å²) in [6, 6.07) is 4.12. The van der Waals surface area contributed by atoms with Crippen LogP contribution in [0.4, 0.5) is 0 Å². The summed E-state index contributed by atoms with van der Waals surface area (Å²) in [6.07, 6.45) is 4.59. The van der Waals surface area contributed by atoms with Crippen molar-refractivity contribution in [1.29, 1.82) is 0 Å². The predicted molar refractivity (Wildman–Crippen MR) is 116 cm³/mol. The summed E-state index contributed by atoms with van der Waals surface area (Å²) in [5, 5.41) is 27.5. The van der Waals surface area contributed by atoms with E-state index in [0.717, 1.165) is 38.2 Å². The molecule has 1 aromatic carbocycles. The molecule has 4 N–H and O–H groups in total. The van der Waals surface area contributed by atoms with E-state index in [1.165, 1.54) is 0 Å². The Balaban J connectivity index is 0.000000554. The first-order chi connectivity index (χ1) is 15.2. The number of imidazole rings is 1. The topological polar surface area (TPSA) is 152 Å². The molecule has 0 unspecified atom stereocenters. The molecule has 11 nitrogen and oxygen atoms in total. The minimum atomic E-state index is -0.833. The van der Waals surface area contributed by atoms with Crippen LogP contribution in [0.1, 0.15) is 26.3 Å². The van der Waals surface area contributed by atoms with Crippen LogP contribution in [0.25, 0.3) is 11.4 Å². The first-order valence-corrected chi connectivity index (χ1v) is 9.75. The fourth-order valence-electron chi connectivity index (χ4n) is 3.24. The highest BCUT2D eigenvalue weighted by Gasteiger charge is 2.28. The van der Waals surface area contributed by atoms with E-state index in [1.807, 2.05) is 18.3 Å². The molecular formula is C21H31N3O8. The van der Waals surface area contributed by atoms with Crippen molar-refractivity contribution < 1.29 is 39.1 Å².